The summed E-state index contributed by atoms with van der Waals surface area (Å²) in [6.45, 7) is 11.0. The fourth-order valence-electron chi connectivity index (χ4n) is 2.45. The van der Waals surface area contributed by atoms with Gasteiger partial charge in [-0.1, -0.05) is 65.7 Å². The van der Waals surface area contributed by atoms with Crippen LogP contribution in [0.4, 0.5) is 0 Å². The molecule has 0 fully saturated rings. The lowest BCUT2D eigenvalue weighted by molar-refractivity contribution is -0.122. The second kappa shape index (κ2) is 13.4. The predicted octanol–water partition coefficient (Wildman–Crippen LogP) is 3.97. The highest BCUT2D eigenvalue weighted by molar-refractivity contribution is 5.78. The minimum absolute atomic E-state index is 0.171. The van der Waals surface area contributed by atoms with Crippen LogP contribution in [0.1, 0.15) is 79.1 Å². The summed E-state index contributed by atoms with van der Waals surface area (Å²) in [5.41, 5.74) is 0. The first-order valence-corrected chi connectivity index (χ1v) is 8.65. The van der Waals surface area contributed by atoms with E-state index in [9.17, 15) is 4.79 Å². The number of nitrogens with one attached hydrogen (secondary N) is 1. The van der Waals surface area contributed by atoms with E-state index in [1.807, 2.05) is 0 Å². The molecule has 1 amide bonds. The van der Waals surface area contributed by atoms with Gasteiger partial charge in [0.15, 0.2) is 0 Å². The van der Waals surface area contributed by atoms with Crippen LogP contribution in [0.3, 0.4) is 0 Å². The van der Waals surface area contributed by atoms with Gasteiger partial charge >= 0.3 is 0 Å². The molecule has 0 radical (unpaired) electrons. The van der Waals surface area contributed by atoms with Crippen molar-refractivity contribution in [2.45, 2.75) is 85.1 Å². The summed E-state index contributed by atoms with van der Waals surface area (Å²) in [6.07, 6.45) is 10.4. The highest BCUT2D eigenvalue weighted by Gasteiger charge is 2.10. The van der Waals surface area contributed by atoms with E-state index in [4.69, 9.17) is 0 Å². The fourth-order valence-corrected chi connectivity index (χ4v) is 2.45. The maximum absolute atomic E-state index is 11.8. The van der Waals surface area contributed by atoms with E-state index < -0.39 is 0 Å². The van der Waals surface area contributed by atoms with Gasteiger partial charge in [-0.2, -0.15) is 0 Å². The van der Waals surface area contributed by atoms with Crippen LogP contribution in [0.15, 0.2) is 0 Å². The molecule has 3 nitrogen and oxygen atoms in total. The molecule has 0 saturated heterocycles. The first-order valence-electron chi connectivity index (χ1n) is 8.65. The van der Waals surface area contributed by atoms with Crippen molar-refractivity contribution < 1.29 is 4.79 Å². The van der Waals surface area contributed by atoms with Gasteiger partial charge in [-0.15, -0.1) is 0 Å². The number of hydrogen-bond acceptors (Lipinski definition) is 2. The summed E-state index contributed by atoms with van der Waals surface area (Å²) in [5.74, 6) is 0.171. The predicted molar refractivity (Wildman–Crippen MR) is 88.0 cm³/mol. The van der Waals surface area contributed by atoms with Crippen LogP contribution in [0.25, 0.3) is 0 Å². The molecule has 0 saturated carbocycles. The molecule has 1 unspecified atom stereocenters. The third kappa shape index (κ3) is 11.3. The SMILES string of the molecule is CCCCCCCCCC(C)NC(=O)CN(CC)CC. The molecule has 0 aromatic rings. The molecule has 20 heavy (non-hydrogen) atoms. The summed E-state index contributed by atoms with van der Waals surface area (Å²) in [5, 5.41) is 3.11. The summed E-state index contributed by atoms with van der Waals surface area (Å²) < 4.78 is 0. The Morgan fingerprint density at radius 1 is 0.950 bits per heavy atom. The Balaban J connectivity index is 3.52. The van der Waals surface area contributed by atoms with Gasteiger partial charge in [0.25, 0.3) is 0 Å². The first-order chi connectivity index (χ1) is 9.63. The van der Waals surface area contributed by atoms with Crippen LogP contribution in [0.2, 0.25) is 0 Å². The molecule has 3 heteroatoms. The van der Waals surface area contributed by atoms with E-state index in [1.54, 1.807) is 0 Å². The molecule has 0 aromatic heterocycles. The van der Waals surface area contributed by atoms with E-state index in [0.29, 0.717) is 12.6 Å². The lowest BCUT2D eigenvalue weighted by atomic mass is 10.1. The molecular weight excluding hydrogens is 248 g/mol. The second-order valence-electron chi connectivity index (χ2n) is 5.84. The van der Waals surface area contributed by atoms with Gasteiger partial charge < -0.3 is 5.32 Å². The average Bonchev–Trinajstić information content (AvgIpc) is 2.43. The largest absolute Gasteiger partial charge is 0.353 e. The van der Waals surface area contributed by atoms with Gasteiger partial charge in [0, 0.05) is 6.04 Å². The second-order valence-corrected chi connectivity index (χ2v) is 5.84. The monoisotopic (exact) mass is 284 g/mol. The Bertz CT molecular complexity index is 227. The number of nitrogens with zero attached hydrogens (tertiary/aromatic N) is 1. The van der Waals surface area contributed by atoms with Crippen LogP contribution in [-0.2, 0) is 4.79 Å². The zero-order chi connectivity index (χ0) is 15.2. The van der Waals surface area contributed by atoms with Gasteiger partial charge in [0.05, 0.1) is 6.54 Å². The Kier molecular flexibility index (Phi) is 13.0. The molecule has 0 aliphatic heterocycles. The van der Waals surface area contributed by atoms with E-state index in [-0.39, 0.29) is 5.91 Å². The van der Waals surface area contributed by atoms with Crippen LogP contribution in [0.5, 0.6) is 0 Å². The van der Waals surface area contributed by atoms with E-state index >= 15 is 0 Å². The normalized spacial score (nSPS) is 12.7. The number of unbranched alkanes of at least 4 members (excludes halogenated alkanes) is 6. The highest BCUT2D eigenvalue weighted by atomic mass is 16.2. The van der Waals surface area contributed by atoms with Gasteiger partial charge in [0.1, 0.15) is 0 Å². The Hall–Kier alpha value is -0.570. The fraction of sp³-hybridized carbons (Fsp3) is 0.941. The van der Waals surface area contributed by atoms with Crippen molar-refractivity contribution in [3.63, 3.8) is 0 Å². The van der Waals surface area contributed by atoms with Crippen LogP contribution < -0.4 is 5.32 Å². The summed E-state index contributed by atoms with van der Waals surface area (Å²) >= 11 is 0. The molecule has 0 bridgehead atoms. The number of amides is 1. The number of carbonyl (C=O) groups is 1. The first kappa shape index (κ1) is 19.4. The van der Waals surface area contributed by atoms with Crippen molar-refractivity contribution >= 4 is 5.91 Å². The number of rotatable bonds is 13. The number of likely N-dealkylation sites (N-methyl/N-ethyl adjacent to an activating group) is 1. The molecule has 0 aliphatic rings. The molecule has 1 atom stereocenters. The van der Waals surface area contributed by atoms with Crippen molar-refractivity contribution in [1.29, 1.82) is 0 Å². The molecule has 0 aromatic carbocycles. The zero-order valence-electron chi connectivity index (χ0n) is 14.2. The minimum atomic E-state index is 0.171. The third-order valence-corrected chi connectivity index (χ3v) is 3.91. The maximum atomic E-state index is 11.8. The molecule has 0 spiro atoms. The minimum Gasteiger partial charge on any atom is -0.353 e. The van der Waals surface area contributed by atoms with Crippen LogP contribution >= 0.6 is 0 Å². The highest BCUT2D eigenvalue weighted by Crippen LogP contribution is 2.09. The number of carbonyl (C=O) groups excluding carboxylic acids is 1. The van der Waals surface area contributed by atoms with Crippen molar-refractivity contribution in [3.05, 3.63) is 0 Å². The van der Waals surface area contributed by atoms with E-state index in [2.05, 4.69) is 37.9 Å². The lowest BCUT2D eigenvalue weighted by Gasteiger charge is -2.19. The van der Waals surface area contributed by atoms with Crippen molar-refractivity contribution in [2.75, 3.05) is 19.6 Å². The van der Waals surface area contributed by atoms with Crippen molar-refractivity contribution in [3.8, 4) is 0 Å². The Morgan fingerprint density at radius 3 is 2.05 bits per heavy atom. The third-order valence-electron chi connectivity index (χ3n) is 3.91. The number of hydrogen-bond donors (Lipinski definition) is 1. The van der Waals surface area contributed by atoms with Crippen LogP contribution in [0, 0.1) is 0 Å². The molecule has 0 aliphatic carbocycles. The molecule has 1 N–H and O–H groups in total. The maximum Gasteiger partial charge on any atom is 0.234 e. The topological polar surface area (TPSA) is 32.3 Å². The molecule has 120 valence electrons. The summed E-state index contributed by atoms with van der Waals surface area (Å²) in [6, 6.07) is 0.314. The van der Waals surface area contributed by atoms with Gasteiger partial charge in [-0.3, -0.25) is 9.69 Å². The Morgan fingerprint density at radius 2 is 1.50 bits per heavy atom. The molecule has 0 rings (SSSR count). The summed E-state index contributed by atoms with van der Waals surface area (Å²) in [4.78, 5) is 14.0. The van der Waals surface area contributed by atoms with Crippen molar-refractivity contribution in [1.82, 2.24) is 10.2 Å². The van der Waals surface area contributed by atoms with Gasteiger partial charge in [-0.25, -0.2) is 0 Å². The quantitative estimate of drug-likeness (QED) is 0.519. The Labute approximate surface area is 126 Å². The van der Waals surface area contributed by atoms with Gasteiger partial charge in [-0.05, 0) is 26.4 Å². The molecular formula is C17H36N2O. The van der Waals surface area contributed by atoms with E-state index in [0.717, 1.165) is 19.5 Å². The van der Waals surface area contributed by atoms with Crippen molar-refractivity contribution in [2.24, 2.45) is 0 Å². The van der Waals surface area contributed by atoms with E-state index in [1.165, 1.54) is 44.9 Å². The smallest absolute Gasteiger partial charge is 0.234 e. The summed E-state index contributed by atoms with van der Waals surface area (Å²) in [7, 11) is 0. The van der Waals surface area contributed by atoms with Crippen LogP contribution in [-0.4, -0.2) is 36.5 Å². The van der Waals surface area contributed by atoms with Gasteiger partial charge in [0.2, 0.25) is 5.91 Å². The lowest BCUT2D eigenvalue weighted by Crippen LogP contribution is -2.40. The zero-order valence-corrected chi connectivity index (χ0v) is 14.2. The average molecular weight is 284 g/mol. The molecule has 0 heterocycles. The standard InChI is InChI=1S/C17H36N2O/c1-5-8-9-10-11-12-13-14-16(4)18-17(20)15-19(6-2)7-3/h16H,5-15H2,1-4H3,(H,18,20).